The van der Waals surface area contributed by atoms with Crippen molar-refractivity contribution in [2.75, 3.05) is 11.9 Å². The maximum absolute atomic E-state index is 13.1. The van der Waals surface area contributed by atoms with E-state index in [4.69, 9.17) is 11.6 Å². The Balaban J connectivity index is 1.74. The van der Waals surface area contributed by atoms with Crippen molar-refractivity contribution >= 4 is 23.2 Å². The molecule has 0 bridgehead atoms. The molecule has 1 heterocycles. The third-order valence-corrected chi connectivity index (χ3v) is 4.42. The van der Waals surface area contributed by atoms with Gasteiger partial charge in [-0.05, 0) is 42.8 Å². The van der Waals surface area contributed by atoms with Gasteiger partial charge in [0.15, 0.2) is 0 Å². The summed E-state index contributed by atoms with van der Waals surface area (Å²) >= 11 is 5.96. The van der Waals surface area contributed by atoms with Crippen molar-refractivity contribution in [2.24, 2.45) is 0 Å². The summed E-state index contributed by atoms with van der Waals surface area (Å²) in [5, 5.41) is 10.0. The van der Waals surface area contributed by atoms with Crippen LogP contribution >= 0.6 is 11.6 Å². The van der Waals surface area contributed by atoms with E-state index in [1.807, 2.05) is 13.0 Å². The molecule has 10 heteroatoms. The Labute approximate surface area is 169 Å². The first-order valence-electron chi connectivity index (χ1n) is 8.59. The minimum atomic E-state index is -4.54. The Kier molecular flexibility index (Phi) is 6.19. The van der Waals surface area contributed by atoms with E-state index in [-0.39, 0.29) is 24.0 Å². The van der Waals surface area contributed by atoms with Crippen LogP contribution in [-0.4, -0.2) is 27.2 Å². The molecule has 0 saturated heterocycles. The van der Waals surface area contributed by atoms with E-state index < -0.39 is 17.6 Å². The molecule has 3 rings (SSSR count). The number of aromatic nitrogens is 3. The molecular formula is C19H17ClF3N5O. The monoisotopic (exact) mass is 423 g/mol. The molecule has 0 aliphatic rings. The zero-order valence-electron chi connectivity index (χ0n) is 15.2. The molecule has 1 atom stereocenters. The van der Waals surface area contributed by atoms with E-state index >= 15 is 0 Å². The van der Waals surface area contributed by atoms with Gasteiger partial charge in [0.05, 0.1) is 23.5 Å². The second-order valence-electron chi connectivity index (χ2n) is 6.28. The fourth-order valence-electron chi connectivity index (χ4n) is 2.68. The van der Waals surface area contributed by atoms with Crippen LogP contribution in [0.3, 0.4) is 0 Å². The number of carbonyl (C=O) groups is 1. The lowest BCUT2D eigenvalue weighted by atomic mass is 10.1. The zero-order chi connectivity index (χ0) is 21.0. The van der Waals surface area contributed by atoms with Gasteiger partial charge in [0.2, 0.25) is 5.91 Å². The molecule has 0 saturated carbocycles. The second-order valence-corrected chi connectivity index (χ2v) is 6.71. The Morgan fingerprint density at radius 3 is 2.69 bits per heavy atom. The van der Waals surface area contributed by atoms with Gasteiger partial charge in [-0.2, -0.15) is 18.3 Å². The summed E-state index contributed by atoms with van der Waals surface area (Å²) in [6, 6.07) is 10.0. The first-order chi connectivity index (χ1) is 13.7. The smallest absolute Gasteiger partial charge is 0.323 e. The second kappa shape index (κ2) is 8.62. The number of nitrogens with zero attached hydrogens (tertiary/aromatic N) is 3. The van der Waals surface area contributed by atoms with Gasteiger partial charge in [0.1, 0.15) is 12.7 Å². The highest BCUT2D eigenvalue weighted by molar-refractivity contribution is 6.30. The summed E-state index contributed by atoms with van der Waals surface area (Å²) < 4.78 is 40.5. The zero-order valence-corrected chi connectivity index (χ0v) is 16.0. The van der Waals surface area contributed by atoms with E-state index in [0.717, 1.165) is 17.7 Å². The van der Waals surface area contributed by atoms with Crippen molar-refractivity contribution < 1.29 is 18.0 Å². The molecule has 2 N–H and O–H groups in total. The average Bonchev–Trinajstić information content (AvgIpc) is 3.20. The molecule has 1 amide bonds. The molecule has 0 aliphatic heterocycles. The molecule has 0 fully saturated rings. The molecule has 2 aromatic carbocycles. The minimum Gasteiger partial charge on any atom is -0.323 e. The third-order valence-electron chi connectivity index (χ3n) is 4.18. The highest BCUT2D eigenvalue weighted by atomic mass is 35.5. The number of amides is 1. The highest BCUT2D eigenvalue weighted by Gasteiger charge is 2.31. The number of alkyl halides is 3. The van der Waals surface area contributed by atoms with Gasteiger partial charge in [-0.1, -0.05) is 23.7 Å². The summed E-state index contributed by atoms with van der Waals surface area (Å²) in [6.45, 7) is 1.74. The lowest BCUT2D eigenvalue weighted by molar-refractivity contribution is -0.137. The molecule has 0 unspecified atom stereocenters. The van der Waals surface area contributed by atoms with Crippen molar-refractivity contribution in [1.29, 1.82) is 0 Å². The van der Waals surface area contributed by atoms with Crippen LogP contribution in [0.2, 0.25) is 5.02 Å². The van der Waals surface area contributed by atoms with Crippen LogP contribution in [0.1, 0.15) is 24.1 Å². The number of anilines is 1. The maximum Gasteiger partial charge on any atom is 0.416 e. The normalized spacial score (nSPS) is 12.6. The van der Waals surface area contributed by atoms with Gasteiger partial charge in [-0.25, -0.2) is 9.67 Å². The third kappa shape index (κ3) is 5.33. The van der Waals surface area contributed by atoms with Crippen molar-refractivity contribution in [2.45, 2.75) is 19.1 Å². The topological polar surface area (TPSA) is 71.8 Å². The first-order valence-corrected chi connectivity index (χ1v) is 8.97. The van der Waals surface area contributed by atoms with Gasteiger partial charge < -0.3 is 10.6 Å². The number of benzene rings is 2. The number of carbonyl (C=O) groups excluding carboxylic acids is 1. The van der Waals surface area contributed by atoms with Crippen LogP contribution in [0.15, 0.2) is 55.1 Å². The Bertz CT molecular complexity index is 992. The standard InChI is InChI=1S/C19H17ClF3N5O/c1-12(13-3-2-4-15(20)7-13)25-9-18(29)27-16-8-14(19(21,22)23)5-6-17(16)28-11-24-10-26-28/h2-8,10-12,25H,9H2,1H3,(H,27,29)/t12-/m0/s1. The predicted molar refractivity (Wildman–Crippen MR) is 103 cm³/mol. The molecule has 1 aromatic heterocycles. The largest absolute Gasteiger partial charge is 0.416 e. The summed E-state index contributed by atoms with van der Waals surface area (Å²) in [6.07, 6.45) is -1.96. The quantitative estimate of drug-likeness (QED) is 0.622. The van der Waals surface area contributed by atoms with Crippen LogP contribution in [-0.2, 0) is 11.0 Å². The molecule has 29 heavy (non-hydrogen) atoms. The number of nitrogens with one attached hydrogen (secondary N) is 2. The van der Waals surface area contributed by atoms with Crippen molar-refractivity contribution in [3.63, 3.8) is 0 Å². The van der Waals surface area contributed by atoms with Gasteiger partial charge in [-0.3, -0.25) is 4.79 Å². The summed E-state index contributed by atoms with van der Waals surface area (Å²) in [5.74, 6) is -0.500. The lowest BCUT2D eigenvalue weighted by Gasteiger charge is -2.16. The molecule has 152 valence electrons. The minimum absolute atomic E-state index is 0.0208. The Hall–Kier alpha value is -2.91. The SMILES string of the molecule is C[C@H](NCC(=O)Nc1cc(C(F)(F)F)ccc1-n1cncn1)c1cccc(Cl)c1. The predicted octanol–water partition coefficient (Wildman–Crippen LogP) is 4.23. The average molecular weight is 424 g/mol. The van der Waals surface area contributed by atoms with E-state index in [1.54, 1.807) is 18.2 Å². The van der Waals surface area contributed by atoms with Crippen molar-refractivity contribution in [3.05, 3.63) is 71.3 Å². The molecule has 0 aliphatic carbocycles. The van der Waals surface area contributed by atoms with E-state index in [1.165, 1.54) is 23.4 Å². The number of halogens is 4. The van der Waals surface area contributed by atoms with Gasteiger partial charge in [-0.15, -0.1) is 0 Å². The number of hydrogen-bond donors (Lipinski definition) is 2. The van der Waals surface area contributed by atoms with E-state index in [2.05, 4.69) is 20.7 Å². The van der Waals surface area contributed by atoms with Gasteiger partial charge in [0.25, 0.3) is 0 Å². The van der Waals surface area contributed by atoms with Crippen LogP contribution in [0.4, 0.5) is 18.9 Å². The van der Waals surface area contributed by atoms with E-state index in [0.29, 0.717) is 5.02 Å². The van der Waals surface area contributed by atoms with Gasteiger partial charge >= 0.3 is 6.18 Å². The first kappa shape index (κ1) is 20.8. The summed E-state index contributed by atoms with van der Waals surface area (Å²) in [4.78, 5) is 16.2. The van der Waals surface area contributed by atoms with Crippen LogP contribution < -0.4 is 10.6 Å². The molecule has 0 spiro atoms. The molecule has 0 radical (unpaired) electrons. The maximum atomic E-state index is 13.1. The van der Waals surface area contributed by atoms with Crippen molar-refractivity contribution in [3.8, 4) is 5.69 Å². The molecule has 6 nitrogen and oxygen atoms in total. The van der Waals surface area contributed by atoms with Crippen molar-refractivity contribution in [1.82, 2.24) is 20.1 Å². The number of hydrogen-bond acceptors (Lipinski definition) is 4. The van der Waals surface area contributed by atoms with Crippen LogP contribution in [0.25, 0.3) is 5.69 Å². The molecular weight excluding hydrogens is 407 g/mol. The lowest BCUT2D eigenvalue weighted by Crippen LogP contribution is -2.30. The van der Waals surface area contributed by atoms with Crippen LogP contribution in [0, 0.1) is 0 Å². The van der Waals surface area contributed by atoms with E-state index in [9.17, 15) is 18.0 Å². The summed E-state index contributed by atoms with van der Waals surface area (Å²) in [5.41, 5.74) is 0.254. The highest BCUT2D eigenvalue weighted by Crippen LogP contribution is 2.33. The van der Waals surface area contributed by atoms with Gasteiger partial charge in [0, 0.05) is 11.1 Å². The fraction of sp³-hybridized carbons (Fsp3) is 0.211. The fourth-order valence-corrected chi connectivity index (χ4v) is 2.88. The Morgan fingerprint density at radius 2 is 2.03 bits per heavy atom. The number of rotatable bonds is 6. The molecule has 3 aromatic rings. The Morgan fingerprint density at radius 1 is 1.24 bits per heavy atom. The summed E-state index contributed by atoms with van der Waals surface area (Å²) in [7, 11) is 0. The van der Waals surface area contributed by atoms with Crippen LogP contribution in [0.5, 0.6) is 0 Å².